The number of allylic oxidation sites excluding steroid dienone is 2. The van der Waals surface area contributed by atoms with Crippen LogP contribution in [-0.2, 0) is 11.2 Å². The maximum Gasteiger partial charge on any atom is 0.156 e. The Kier molecular flexibility index (Phi) is 3.74. The van der Waals surface area contributed by atoms with Crippen LogP contribution in [0.15, 0.2) is 30.1 Å². The lowest BCUT2D eigenvalue weighted by atomic mass is 9.81. The SMILES string of the molecule is CC1CCCC(c2cn3c4c(ncc3n2)CC=C4C2=CCOCC2)C1. The van der Waals surface area contributed by atoms with Crippen LogP contribution < -0.4 is 0 Å². The summed E-state index contributed by atoms with van der Waals surface area (Å²) in [6.45, 7) is 3.91. The molecule has 25 heavy (non-hydrogen) atoms. The van der Waals surface area contributed by atoms with Crippen molar-refractivity contribution in [3.63, 3.8) is 0 Å². The Balaban J connectivity index is 1.57. The van der Waals surface area contributed by atoms with Crippen LogP contribution in [0.5, 0.6) is 0 Å². The van der Waals surface area contributed by atoms with Crippen molar-refractivity contribution < 1.29 is 4.74 Å². The Morgan fingerprint density at radius 1 is 1.24 bits per heavy atom. The van der Waals surface area contributed by atoms with Crippen LogP contribution in [0.1, 0.15) is 62.0 Å². The quantitative estimate of drug-likeness (QED) is 0.821. The fourth-order valence-electron chi connectivity index (χ4n) is 4.70. The molecule has 1 saturated carbocycles. The third kappa shape index (κ3) is 2.63. The molecule has 2 atom stereocenters. The summed E-state index contributed by atoms with van der Waals surface area (Å²) in [5.74, 6) is 1.42. The van der Waals surface area contributed by atoms with Crippen molar-refractivity contribution in [2.24, 2.45) is 5.92 Å². The minimum absolute atomic E-state index is 0.607. The number of fused-ring (bicyclic) bond motifs is 3. The molecule has 0 spiro atoms. The molecule has 0 saturated heterocycles. The molecule has 4 heteroatoms. The summed E-state index contributed by atoms with van der Waals surface area (Å²) in [6, 6.07) is 0. The monoisotopic (exact) mass is 335 g/mol. The smallest absolute Gasteiger partial charge is 0.156 e. The molecule has 3 heterocycles. The van der Waals surface area contributed by atoms with E-state index in [0.29, 0.717) is 5.92 Å². The zero-order valence-corrected chi connectivity index (χ0v) is 14.9. The Morgan fingerprint density at radius 3 is 3.04 bits per heavy atom. The number of hydrogen-bond donors (Lipinski definition) is 0. The third-order valence-corrected chi connectivity index (χ3v) is 6.02. The molecule has 0 radical (unpaired) electrons. The van der Waals surface area contributed by atoms with Crippen LogP contribution >= 0.6 is 0 Å². The summed E-state index contributed by atoms with van der Waals surface area (Å²) in [5, 5.41) is 0. The second kappa shape index (κ2) is 6.10. The van der Waals surface area contributed by atoms with Gasteiger partial charge in [0.15, 0.2) is 5.65 Å². The highest BCUT2D eigenvalue weighted by Gasteiger charge is 2.26. The van der Waals surface area contributed by atoms with Crippen molar-refractivity contribution in [1.29, 1.82) is 0 Å². The number of imidazole rings is 1. The van der Waals surface area contributed by atoms with Crippen molar-refractivity contribution in [3.05, 3.63) is 47.2 Å². The van der Waals surface area contributed by atoms with Crippen LogP contribution in [0, 0.1) is 5.92 Å². The predicted octanol–water partition coefficient (Wildman–Crippen LogP) is 4.31. The minimum Gasteiger partial charge on any atom is -0.377 e. The highest BCUT2D eigenvalue weighted by Crippen LogP contribution is 2.38. The number of nitrogens with zero attached hydrogens (tertiary/aromatic N) is 3. The summed E-state index contributed by atoms with van der Waals surface area (Å²) in [4.78, 5) is 9.67. The highest BCUT2D eigenvalue weighted by molar-refractivity contribution is 5.82. The van der Waals surface area contributed by atoms with Gasteiger partial charge < -0.3 is 4.74 Å². The Hall–Kier alpha value is -1.94. The molecule has 1 fully saturated rings. The van der Waals surface area contributed by atoms with Gasteiger partial charge >= 0.3 is 0 Å². The molecule has 0 N–H and O–H groups in total. The molecule has 4 nitrogen and oxygen atoms in total. The molecule has 0 bridgehead atoms. The van der Waals surface area contributed by atoms with Gasteiger partial charge in [0.05, 0.1) is 36.5 Å². The summed E-state index contributed by atoms with van der Waals surface area (Å²) in [6.07, 6.45) is 15.9. The molecule has 0 aromatic carbocycles. The summed E-state index contributed by atoms with van der Waals surface area (Å²) in [5.41, 5.74) is 7.43. The second-order valence-electron chi connectivity index (χ2n) is 7.79. The van der Waals surface area contributed by atoms with E-state index in [9.17, 15) is 0 Å². The minimum atomic E-state index is 0.607. The maximum absolute atomic E-state index is 5.49. The standard InChI is InChI=1S/C21H25N3O/c1-14-3-2-4-16(11-14)19-13-24-20(23-19)12-22-18-6-5-17(21(18)24)15-7-9-25-10-8-15/h5,7,12-14,16H,2-4,6,8-11H2,1H3. The molecule has 2 unspecified atom stereocenters. The molecular weight excluding hydrogens is 310 g/mol. The molecular formula is C21H25N3O. The molecule has 2 aliphatic carbocycles. The zero-order chi connectivity index (χ0) is 16.8. The Labute approximate surface area is 148 Å². The number of rotatable bonds is 2. The number of hydrogen-bond acceptors (Lipinski definition) is 3. The zero-order valence-electron chi connectivity index (χ0n) is 14.9. The van der Waals surface area contributed by atoms with Gasteiger partial charge in [-0.15, -0.1) is 0 Å². The van der Waals surface area contributed by atoms with Gasteiger partial charge in [0.1, 0.15) is 0 Å². The van der Waals surface area contributed by atoms with Gasteiger partial charge in [-0.2, -0.15) is 0 Å². The van der Waals surface area contributed by atoms with E-state index < -0.39 is 0 Å². The number of ether oxygens (including phenoxy) is 1. The molecule has 0 amide bonds. The van der Waals surface area contributed by atoms with Crippen LogP contribution in [0.4, 0.5) is 0 Å². The van der Waals surface area contributed by atoms with E-state index in [0.717, 1.165) is 37.6 Å². The first-order valence-electron chi connectivity index (χ1n) is 9.64. The summed E-state index contributed by atoms with van der Waals surface area (Å²) in [7, 11) is 0. The molecule has 130 valence electrons. The Morgan fingerprint density at radius 2 is 2.20 bits per heavy atom. The third-order valence-electron chi connectivity index (χ3n) is 6.02. The first kappa shape index (κ1) is 15.3. The second-order valence-corrected chi connectivity index (χ2v) is 7.79. The predicted molar refractivity (Wildman–Crippen MR) is 98.6 cm³/mol. The van der Waals surface area contributed by atoms with Crippen LogP contribution in [0.2, 0.25) is 0 Å². The van der Waals surface area contributed by atoms with Crippen molar-refractivity contribution >= 4 is 11.2 Å². The van der Waals surface area contributed by atoms with Crippen molar-refractivity contribution in [1.82, 2.24) is 14.4 Å². The fourth-order valence-corrected chi connectivity index (χ4v) is 4.70. The van der Waals surface area contributed by atoms with Crippen molar-refractivity contribution in [3.8, 4) is 0 Å². The lowest BCUT2D eigenvalue weighted by molar-refractivity contribution is 0.156. The Bertz CT molecular complexity index is 877. The van der Waals surface area contributed by atoms with E-state index in [1.54, 1.807) is 0 Å². The van der Waals surface area contributed by atoms with Crippen molar-refractivity contribution in [2.75, 3.05) is 13.2 Å². The molecule has 2 aromatic heterocycles. The highest BCUT2D eigenvalue weighted by atomic mass is 16.5. The fraction of sp³-hybridized carbons (Fsp3) is 0.524. The van der Waals surface area contributed by atoms with E-state index in [-0.39, 0.29) is 0 Å². The van der Waals surface area contributed by atoms with E-state index in [1.807, 2.05) is 6.20 Å². The first-order valence-corrected chi connectivity index (χ1v) is 9.64. The van der Waals surface area contributed by atoms with Gasteiger partial charge in [-0.1, -0.05) is 31.9 Å². The molecule has 5 rings (SSSR count). The van der Waals surface area contributed by atoms with Gasteiger partial charge in [0, 0.05) is 18.5 Å². The van der Waals surface area contributed by atoms with Gasteiger partial charge in [-0.3, -0.25) is 9.38 Å². The van der Waals surface area contributed by atoms with Gasteiger partial charge in [-0.05, 0) is 36.3 Å². The van der Waals surface area contributed by atoms with E-state index in [2.05, 4.69) is 29.7 Å². The van der Waals surface area contributed by atoms with Crippen molar-refractivity contribution in [2.45, 2.75) is 51.4 Å². The van der Waals surface area contributed by atoms with Gasteiger partial charge in [-0.25, -0.2) is 4.98 Å². The van der Waals surface area contributed by atoms with Gasteiger partial charge in [0.25, 0.3) is 0 Å². The van der Waals surface area contributed by atoms with Gasteiger partial charge in [0.2, 0.25) is 0 Å². The van der Waals surface area contributed by atoms with Crippen LogP contribution in [0.3, 0.4) is 0 Å². The lowest BCUT2D eigenvalue weighted by Crippen LogP contribution is -2.11. The van der Waals surface area contributed by atoms with Crippen LogP contribution in [-0.4, -0.2) is 27.6 Å². The van der Waals surface area contributed by atoms with E-state index >= 15 is 0 Å². The normalized spacial score (nSPS) is 26.4. The largest absolute Gasteiger partial charge is 0.377 e. The average molecular weight is 335 g/mol. The summed E-state index contributed by atoms with van der Waals surface area (Å²) < 4.78 is 7.79. The average Bonchev–Trinajstić information content (AvgIpc) is 3.26. The molecule has 3 aliphatic rings. The topological polar surface area (TPSA) is 39.4 Å². The van der Waals surface area contributed by atoms with E-state index in [1.165, 1.54) is 53.9 Å². The van der Waals surface area contributed by atoms with Crippen LogP contribution in [0.25, 0.3) is 11.2 Å². The lowest BCUT2D eigenvalue weighted by Gasteiger charge is -2.25. The molecule has 1 aliphatic heterocycles. The maximum atomic E-state index is 5.49. The first-order chi connectivity index (χ1) is 12.3. The molecule has 2 aromatic rings. The summed E-state index contributed by atoms with van der Waals surface area (Å²) >= 11 is 0. The van der Waals surface area contributed by atoms with E-state index in [4.69, 9.17) is 14.7 Å². The number of aromatic nitrogens is 3.